The summed E-state index contributed by atoms with van der Waals surface area (Å²) in [5, 5.41) is 7.47. The molecule has 0 bridgehead atoms. The molecule has 144 valence electrons. The monoisotopic (exact) mass is 385 g/mol. The molecule has 6 heteroatoms. The molecule has 0 unspecified atom stereocenters. The maximum absolute atomic E-state index is 6.22. The number of pyridine rings is 1. The van der Waals surface area contributed by atoms with E-state index >= 15 is 0 Å². The minimum absolute atomic E-state index is 0.606. The zero-order valence-electron chi connectivity index (χ0n) is 15.9. The van der Waals surface area contributed by atoms with Crippen molar-refractivity contribution in [2.75, 3.05) is 31.1 Å². The Morgan fingerprint density at radius 2 is 1.96 bits per heavy atom. The van der Waals surface area contributed by atoms with Gasteiger partial charge in [-0.15, -0.1) is 0 Å². The van der Waals surface area contributed by atoms with Gasteiger partial charge < -0.3 is 15.5 Å². The van der Waals surface area contributed by atoms with E-state index in [1.165, 1.54) is 12.8 Å². The minimum Gasteiger partial charge on any atom is -0.357 e. The average Bonchev–Trinajstić information content (AvgIpc) is 3.23. The zero-order valence-corrected chi connectivity index (χ0v) is 16.7. The summed E-state index contributed by atoms with van der Waals surface area (Å²) in [4.78, 5) is 11.6. The molecule has 1 fully saturated rings. The van der Waals surface area contributed by atoms with Gasteiger partial charge in [0.2, 0.25) is 0 Å². The van der Waals surface area contributed by atoms with Gasteiger partial charge in [0.15, 0.2) is 5.96 Å². The van der Waals surface area contributed by atoms with Crippen molar-refractivity contribution >= 4 is 23.4 Å². The molecule has 1 saturated heterocycles. The van der Waals surface area contributed by atoms with E-state index in [0.29, 0.717) is 6.54 Å². The highest BCUT2D eigenvalue weighted by molar-refractivity contribution is 6.31. The van der Waals surface area contributed by atoms with Gasteiger partial charge in [0, 0.05) is 37.4 Å². The summed E-state index contributed by atoms with van der Waals surface area (Å²) >= 11 is 6.22. The Kier molecular flexibility index (Phi) is 7.34. The highest BCUT2D eigenvalue weighted by Gasteiger charge is 2.12. The maximum Gasteiger partial charge on any atom is 0.191 e. The van der Waals surface area contributed by atoms with Crippen LogP contribution in [0.2, 0.25) is 5.02 Å². The number of rotatable bonds is 7. The standard InChI is InChI=1S/C21H28ClN5/c1-2-23-21(24-12-11-18-7-3-4-8-19(18)22)26-16-17-9-10-20(25-15-17)27-13-5-6-14-27/h3-4,7-10,15H,2,5-6,11-14,16H2,1H3,(H2,23,24,26). The maximum atomic E-state index is 6.22. The predicted octanol–water partition coefficient (Wildman–Crippen LogP) is 3.63. The largest absolute Gasteiger partial charge is 0.357 e. The molecule has 27 heavy (non-hydrogen) atoms. The van der Waals surface area contributed by atoms with Gasteiger partial charge >= 0.3 is 0 Å². The fraction of sp³-hybridized carbons (Fsp3) is 0.429. The molecule has 3 rings (SSSR count). The third kappa shape index (κ3) is 5.86. The Morgan fingerprint density at radius 3 is 2.67 bits per heavy atom. The number of nitrogens with one attached hydrogen (secondary N) is 2. The van der Waals surface area contributed by atoms with Crippen LogP contribution in [0.5, 0.6) is 0 Å². The molecule has 0 atom stereocenters. The number of benzene rings is 1. The molecular weight excluding hydrogens is 358 g/mol. The predicted molar refractivity (Wildman–Crippen MR) is 114 cm³/mol. The normalized spacial score (nSPS) is 14.4. The first kappa shape index (κ1) is 19.5. The number of nitrogens with zero attached hydrogens (tertiary/aromatic N) is 3. The minimum atomic E-state index is 0.606. The van der Waals surface area contributed by atoms with E-state index in [1.54, 1.807) is 0 Å². The van der Waals surface area contributed by atoms with Crippen LogP contribution in [0, 0.1) is 0 Å². The third-order valence-electron chi connectivity index (χ3n) is 4.65. The molecule has 2 aromatic rings. The lowest BCUT2D eigenvalue weighted by atomic mass is 10.1. The fourth-order valence-electron chi connectivity index (χ4n) is 3.17. The van der Waals surface area contributed by atoms with Crippen LogP contribution in [0.4, 0.5) is 5.82 Å². The molecule has 0 radical (unpaired) electrons. The molecule has 1 aliphatic heterocycles. The van der Waals surface area contributed by atoms with E-state index in [-0.39, 0.29) is 0 Å². The smallest absolute Gasteiger partial charge is 0.191 e. The summed E-state index contributed by atoms with van der Waals surface area (Å²) in [5.41, 5.74) is 2.26. The molecule has 1 aromatic heterocycles. The Morgan fingerprint density at radius 1 is 1.15 bits per heavy atom. The summed E-state index contributed by atoms with van der Waals surface area (Å²) in [6.07, 6.45) is 5.32. The number of guanidine groups is 1. The Balaban J connectivity index is 1.52. The van der Waals surface area contributed by atoms with Crippen molar-refractivity contribution in [3.8, 4) is 0 Å². The van der Waals surface area contributed by atoms with Crippen LogP contribution in [-0.2, 0) is 13.0 Å². The van der Waals surface area contributed by atoms with E-state index in [4.69, 9.17) is 11.6 Å². The SMILES string of the molecule is CCNC(=NCc1ccc(N2CCCC2)nc1)NCCc1ccccc1Cl. The first-order chi connectivity index (χ1) is 13.3. The molecule has 1 aromatic carbocycles. The van der Waals surface area contributed by atoms with Crippen LogP contribution in [0.3, 0.4) is 0 Å². The van der Waals surface area contributed by atoms with E-state index in [2.05, 4.69) is 50.6 Å². The fourth-order valence-corrected chi connectivity index (χ4v) is 3.40. The number of anilines is 1. The lowest BCUT2D eigenvalue weighted by Crippen LogP contribution is -2.38. The van der Waals surface area contributed by atoms with E-state index in [9.17, 15) is 0 Å². The molecule has 0 aliphatic carbocycles. The quantitative estimate of drug-likeness (QED) is 0.564. The second-order valence-electron chi connectivity index (χ2n) is 6.68. The molecule has 2 N–H and O–H groups in total. The number of aromatic nitrogens is 1. The molecular formula is C21H28ClN5. The molecule has 2 heterocycles. The summed E-state index contributed by atoms with van der Waals surface area (Å²) < 4.78 is 0. The molecule has 0 saturated carbocycles. The van der Waals surface area contributed by atoms with E-state index in [0.717, 1.165) is 60.5 Å². The summed E-state index contributed by atoms with van der Waals surface area (Å²) in [5.74, 6) is 1.89. The second kappa shape index (κ2) is 10.2. The van der Waals surface area contributed by atoms with Gasteiger partial charge in [-0.3, -0.25) is 0 Å². The van der Waals surface area contributed by atoms with Gasteiger partial charge in [-0.2, -0.15) is 0 Å². The van der Waals surface area contributed by atoms with Crippen LogP contribution in [0.1, 0.15) is 30.9 Å². The average molecular weight is 386 g/mol. The van der Waals surface area contributed by atoms with Gasteiger partial charge in [0.05, 0.1) is 6.54 Å². The lowest BCUT2D eigenvalue weighted by molar-refractivity contribution is 0.799. The van der Waals surface area contributed by atoms with Crippen molar-refractivity contribution in [1.29, 1.82) is 0 Å². The van der Waals surface area contributed by atoms with Gasteiger partial charge in [0.1, 0.15) is 5.82 Å². The number of hydrogen-bond donors (Lipinski definition) is 2. The van der Waals surface area contributed by atoms with Gasteiger partial charge in [-0.05, 0) is 49.4 Å². The summed E-state index contributed by atoms with van der Waals surface area (Å²) in [6.45, 7) is 6.51. The second-order valence-corrected chi connectivity index (χ2v) is 7.09. The first-order valence-electron chi connectivity index (χ1n) is 9.71. The lowest BCUT2D eigenvalue weighted by Gasteiger charge is -2.16. The van der Waals surface area contributed by atoms with Crippen LogP contribution < -0.4 is 15.5 Å². The number of aliphatic imine (C=N–C) groups is 1. The highest BCUT2D eigenvalue weighted by atomic mass is 35.5. The van der Waals surface area contributed by atoms with Crippen molar-refractivity contribution in [3.05, 3.63) is 58.7 Å². The van der Waals surface area contributed by atoms with Gasteiger partial charge in [-0.1, -0.05) is 35.9 Å². The van der Waals surface area contributed by atoms with Gasteiger partial charge in [0.25, 0.3) is 0 Å². The van der Waals surface area contributed by atoms with Crippen molar-refractivity contribution < 1.29 is 0 Å². The summed E-state index contributed by atoms with van der Waals surface area (Å²) in [6, 6.07) is 12.2. The molecule has 0 amide bonds. The Labute approximate surface area is 166 Å². The van der Waals surface area contributed by atoms with Crippen molar-refractivity contribution in [3.63, 3.8) is 0 Å². The number of hydrogen-bond acceptors (Lipinski definition) is 3. The first-order valence-corrected chi connectivity index (χ1v) is 10.1. The summed E-state index contributed by atoms with van der Waals surface area (Å²) in [7, 11) is 0. The van der Waals surface area contributed by atoms with Crippen LogP contribution in [-0.4, -0.2) is 37.1 Å². The van der Waals surface area contributed by atoms with Crippen molar-refractivity contribution in [1.82, 2.24) is 15.6 Å². The topological polar surface area (TPSA) is 52.6 Å². The van der Waals surface area contributed by atoms with Crippen LogP contribution in [0.25, 0.3) is 0 Å². The Hall–Kier alpha value is -2.27. The third-order valence-corrected chi connectivity index (χ3v) is 5.02. The van der Waals surface area contributed by atoms with Crippen LogP contribution in [0.15, 0.2) is 47.6 Å². The van der Waals surface area contributed by atoms with Crippen molar-refractivity contribution in [2.45, 2.75) is 32.7 Å². The number of halogens is 1. The van der Waals surface area contributed by atoms with E-state index in [1.807, 2.05) is 24.4 Å². The Bertz CT molecular complexity index is 738. The van der Waals surface area contributed by atoms with E-state index < -0.39 is 0 Å². The zero-order chi connectivity index (χ0) is 18.9. The van der Waals surface area contributed by atoms with Crippen LogP contribution >= 0.6 is 11.6 Å². The highest BCUT2D eigenvalue weighted by Crippen LogP contribution is 2.18. The molecule has 0 spiro atoms. The van der Waals surface area contributed by atoms with Crippen molar-refractivity contribution in [2.24, 2.45) is 4.99 Å². The molecule has 1 aliphatic rings. The van der Waals surface area contributed by atoms with Gasteiger partial charge in [-0.25, -0.2) is 9.98 Å². The molecule has 5 nitrogen and oxygen atoms in total.